The van der Waals surface area contributed by atoms with Gasteiger partial charge in [0.15, 0.2) is 0 Å². The molecule has 2 aromatic carbocycles. The molecule has 2 aromatic rings. The van der Waals surface area contributed by atoms with E-state index in [2.05, 4.69) is 19.8 Å². The molecular weight excluding hydrogens is 440 g/mol. The van der Waals surface area contributed by atoms with Crippen LogP contribution in [0.25, 0.3) is 0 Å². The Morgan fingerprint density at radius 3 is 2.56 bits per heavy atom. The van der Waals surface area contributed by atoms with Crippen LogP contribution in [0.2, 0.25) is 0 Å². The van der Waals surface area contributed by atoms with Gasteiger partial charge in [-0.15, -0.1) is 0 Å². The highest BCUT2D eigenvalue weighted by atomic mass is 32.2. The van der Waals surface area contributed by atoms with Crippen LogP contribution in [0.3, 0.4) is 0 Å². The standard InChI is InChI=1S/C22H25F2N3O4S/c23-22(24)31-17-11-9-16(10-12-17)13-15-25-20(28)8-2-1-5-14-26-21-18-6-3-4-7-19(18)32(29,30)27-21/h3-4,6-7,9-12,22H,1-2,5,8,13-15H2,(H,25,28)(H,26,27). The minimum absolute atomic E-state index is 0.0496. The molecule has 1 aliphatic rings. The third kappa shape index (κ3) is 6.74. The number of ether oxygens (including phenoxy) is 1. The number of carbonyl (C=O) groups excluding carboxylic acids is 1. The number of rotatable bonds is 11. The fourth-order valence-corrected chi connectivity index (χ4v) is 4.54. The predicted molar refractivity (Wildman–Crippen MR) is 116 cm³/mol. The molecule has 0 saturated heterocycles. The molecule has 0 radical (unpaired) electrons. The number of amides is 1. The Kier molecular flexibility index (Phi) is 8.15. The first-order valence-corrected chi connectivity index (χ1v) is 11.8. The van der Waals surface area contributed by atoms with E-state index in [0.717, 1.165) is 18.4 Å². The Morgan fingerprint density at radius 2 is 1.81 bits per heavy atom. The molecule has 32 heavy (non-hydrogen) atoms. The Balaban J connectivity index is 1.29. The Hall–Kier alpha value is -3.01. The first-order valence-electron chi connectivity index (χ1n) is 10.3. The highest BCUT2D eigenvalue weighted by Crippen LogP contribution is 2.22. The van der Waals surface area contributed by atoms with Gasteiger partial charge in [-0.05, 0) is 49.1 Å². The summed E-state index contributed by atoms with van der Waals surface area (Å²) in [7, 11) is -3.52. The summed E-state index contributed by atoms with van der Waals surface area (Å²) in [5.41, 5.74) is 1.50. The van der Waals surface area contributed by atoms with Crippen molar-refractivity contribution in [3.05, 3.63) is 59.7 Å². The van der Waals surface area contributed by atoms with E-state index in [0.29, 0.717) is 43.8 Å². The van der Waals surface area contributed by atoms with Crippen LogP contribution in [0, 0.1) is 0 Å². The summed E-state index contributed by atoms with van der Waals surface area (Å²) in [6.45, 7) is -1.92. The van der Waals surface area contributed by atoms with Gasteiger partial charge in [-0.2, -0.15) is 8.78 Å². The number of alkyl halides is 2. The van der Waals surface area contributed by atoms with E-state index in [1.165, 1.54) is 12.1 Å². The van der Waals surface area contributed by atoms with Crippen LogP contribution in [0.5, 0.6) is 5.75 Å². The van der Waals surface area contributed by atoms with Crippen LogP contribution in [-0.2, 0) is 21.2 Å². The van der Waals surface area contributed by atoms with E-state index >= 15 is 0 Å². The second-order valence-corrected chi connectivity index (χ2v) is 8.92. The third-order valence-corrected chi connectivity index (χ3v) is 6.28. The van der Waals surface area contributed by atoms with Crippen molar-refractivity contribution < 1.29 is 26.7 Å². The number of hydrogen-bond acceptors (Lipinski definition) is 5. The number of carbonyl (C=O) groups is 1. The van der Waals surface area contributed by atoms with Crippen molar-refractivity contribution in [3.8, 4) is 5.75 Å². The molecule has 1 aliphatic heterocycles. The maximum absolute atomic E-state index is 12.1. The zero-order chi connectivity index (χ0) is 23.0. The van der Waals surface area contributed by atoms with Crippen LogP contribution >= 0.6 is 0 Å². The van der Waals surface area contributed by atoms with E-state index in [1.807, 2.05) is 0 Å². The van der Waals surface area contributed by atoms with Gasteiger partial charge in [0.2, 0.25) is 5.91 Å². The number of nitrogens with one attached hydrogen (secondary N) is 2. The van der Waals surface area contributed by atoms with E-state index in [-0.39, 0.29) is 16.6 Å². The van der Waals surface area contributed by atoms with Crippen molar-refractivity contribution in [1.82, 2.24) is 10.0 Å². The van der Waals surface area contributed by atoms with Crippen LogP contribution < -0.4 is 14.8 Å². The van der Waals surface area contributed by atoms with Gasteiger partial charge in [0.1, 0.15) is 11.6 Å². The third-order valence-electron chi connectivity index (χ3n) is 4.88. The molecule has 0 aliphatic carbocycles. The highest BCUT2D eigenvalue weighted by Gasteiger charge is 2.29. The molecule has 0 saturated carbocycles. The largest absolute Gasteiger partial charge is 0.435 e. The molecule has 0 unspecified atom stereocenters. The van der Waals surface area contributed by atoms with Gasteiger partial charge in [0, 0.05) is 25.1 Å². The van der Waals surface area contributed by atoms with Crippen molar-refractivity contribution >= 4 is 21.8 Å². The molecule has 2 N–H and O–H groups in total. The van der Waals surface area contributed by atoms with Gasteiger partial charge in [0.05, 0.1) is 4.90 Å². The Morgan fingerprint density at radius 1 is 1.06 bits per heavy atom. The smallest absolute Gasteiger partial charge is 0.387 e. The molecule has 1 amide bonds. The monoisotopic (exact) mass is 465 g/mol. The SMILES string of the molecule is O=C(CCCCCN=C1NS(=O)(=O)c2ccccc21)NCCc1ccc(OC(F)F)cc1. The van der Waals surface area contributed by atoms with E-state index in [4.69, 9.17) is 0 Å². The lowest BCUT2D eigenvalue weighted by Crippen LogP contribution is -2.25. The minimum atomic E-state index is -3.52. The number of nitrogens with zero attached hydrogens (tertiary/aromatic N) is 1. The summed E-state index contributed by atoms with van der Waals surface area (Å²) in [6, 6.07) is 13.0. The lowest BCUT2D eigenvalue weighted by Gasteiger charge is -2.07. The molecule has 3 rings (SSSR count). The van der Waals surface area contributed by atoms with Gasteiger partial charge in [0.25, 0.3) is 10.0 Å². The van der Waals surface area contributed by atoms with Gasteiger partial charge in [-0.25, -0.2) is 8.42 Å². The van der Waals surface area contributed by atoms with Gasteiger partial charge >= 0.3 is 6.61 Å². The number of unbranched alkanes of at least 4 members (excludes halogenated alkanes) is 2. The topological polar surface area (TPSA) is 96.9 Å². The molecule has 0 aromatic heterocycles. The van der Waals surface area contributed by atoms with Crippen LogP contribution in [0.15, 0.2) is 58.4 Å². The summed E-state index contributed by atoms with van der Waals surface area (Å²) in [5.74, 6) is 0.422. The van der Waals surface area contributed by atoms with E-state index < -0.39 is 16.6 Å². The molecule has 0 bridgehead atoms. The molecular formula is C22H25F2N3O4S. The fourth-order valence-electron chi connectivity index (χ4n) is 3.29. The predicted octanol–water partition coefficient (Wildman–Crippen LogP) is 3.25. The van der Waals surface area contributed by atoms with E-state index in [1.54, 1.807) is 36.4 Å². The van der Waals surface area contributed by atoms with Crippen LogP contribution in [-0.4, -0.2) is 39.9 Å². The molecule has 172 valence electrons. The van der Waals surface area contributed by atoms with Gasteiger partial charge < -0.3 is 10.1 Å². The van der Waals surface area contributed by atoms with Crippen molar-refractivity contribution in [3.63, 3.8) is 0 Å². The number of aliphatic imine (C=N–C) groups is 1. The molecule has 0 atom stereocenters. The lowest BCUT2D eigenvalue weighted by molar-refractivity contribution is -0.121. The minimum Gasteiger partial charge on any atom is -0.435 e. The summed E-state index contributed by atoms with van der Waals surface area (Å²) < 4.78 is 55.1. The molecule has 7 nitrogen and oxygen atoms in total. The average molecular weight is 466 g/mol. The van der Waals surface area contributed by atoms with Crippen molar-refractivity contribution in [2.45, 2.75) is 43.6 Å². The van der Waals surface area contributed by atoms with Gasteiger partial charge in [-0.3, -0.25) is 14.5 Å². The van der Waals surface area contributed by atoms with Gasteiger partial charge in [-0.1, -0.05) is 30.7 Å². The van der Waals surface area contributed by atoms with Crippen molar-refractivity contribution in [2.24, 2.45) is 4.99 Å². The van der Waals surface area contributed by atoms with Crippen LogP contribution in [0.1, 0.15) is 36.8 Å². The molecule has 10 heteroatoms. The highest BCUT2D eigenvalue weighted by molar-refractivity contribution is 7.90. The first kappa shape index (κ1) is 23.6. The maximum Gasteiger partial charge on any atom is 0.387 e. The zero-order valence-electron chi connectivity index (χ0n) is 17.4. The number of hydrogen-bond donors (Lipinski definition) is 2. The second kappa shape index (κ2) is 11.0. The molecule has 1 heterocycles. The Labute approximate surface area is 185 Å². The molecule has 0 fully saturated rings. The number of sulfonamides is 1. The van der Waals surface area contributed by atoms with Crippen molar-refractivity contribution in [2.75, 3.05) is 13.1 Å². The van der Waals surface area contributed by atoms with Crippen LogP contribution in [0.4, 0.5) is 8.78 Å². The number of amidine groups is 1. The zero-order valence-corrected chi connectivity index (χ0v) is 18.2. The number of halogens is 2. The first-order chi connectivity index (χ1) is 15.3. The number of fused-ring (bicyclic) bond motifs is 1. The average Bonchev–Trinajstić information content (AvgIpc) is 3.02. The summed E-state index contributed by atoms with van der Waals surface area (Å²) in [6.07, 6.45) is 3.24. The fraction of sp³-hybridized carbons (Fsp3) is 0.364. The second-order valence-electron chi connectivity index (χ2n) is 7.27. The summed E-state index contributed by atoms with van der Waals surface area (Å²) >= 11 is 0. The lowest BCUT2D eigenvalue weighted by atomic mass is 10.1. The summed E-state index contributed by atoms with van der Waals surface area (Å²) in [4.78, 5) is 16.5. The van der Waals surface area contributed by atoms with Crippen molar-refractivity contribution in [1.29, 1.82) is 0 Å². The normalized spacial score (nSPS) is 15.4. The number of benzene rings is 2. The maximum atomic E-state index is 12.1. The van der Waals surface area contributed by atoms with E-state index in [9.17, 15) is 22.0 Å². The molecule has 0 spiro atoms. The Bertz CT molecular complexity index is 1060. The summed E-state index contributed by atoms with van der Waals surface area (Å²) in [5, 5.41) is 2.84. The quantitative estimate of drug-likeness (QED) is 0.498.